The third kappa shape index (κ3) is 11.0. The van der Waals surface area contributed by atoms with Gasteiger partial charge in [-0.15, -0.1) is 0 Å². The van der Waals surface area contributed by atoms with Crippen LogP contribution in [0, 0.1) is 0 Å². The summed E-state index contributed by atoms with van der Waals surface area (Å²) in [6, 6.07) is 19.3. The molecule has 0 atom stereocenters. The second kappa shape index (κ2) is 18.5. The van der Waals surface area contributed by atoms with Crippen LogP contribution in [0.25, 0.3) is 21.5 Å². The summed E-state index contributed by atoms with van der Waals surface area (Å²) in [5.74, 6) is 0.0155. The fraction of sp³-hybridized carbons (Fsp3) is 0.103. The van der Waals surface area contributed by atoms with Gasteiger partial charge >= 0.3 is 6.01 Å². The molecular formula is C39H33N9O15S4. The first-order valence-corrected chi connectivity index (χ1v) is 24.7. The fourth-order valence-electron chi connectivity index (χ4n) is 6.46. The summed E-state index contributed by atoms with van der Waals surface area (Å²) < 4.78 is 148. The summed E-state index contributed by atoms with van der Waals surface area (Å²) in [6.45, 7) is 3.70. The lowest BCUT2D eigenvalue weighted by molar-refractivity contribution is 0.342. The Labute approximate surface area is 380 Å². The van der Waals surface area contributed by atoms with Crippen molar-refractivity contribution in [1.82, 2.24) is 15.0 Å². The van der Waals surface area contributed by atoms with Crippen LogP contribution in [-0.2, 0) is 40.5 Å². The van der Waals surface area contributed by atoms with E-state index in [0.29, 0.717) is 0 Å². The Bertz CT molecular complexity index is 3420. The van der Waals surface area contributed by atoms with Crippen molar-refractivity contribution in [3.8, 4) is 17.5 Å². The largest absolute Gasteiger partial charge is 0.492 e. The highest BCUT2D eigenvalue weighted by Crippen LogP contribution is 2.38. The number of aromatic nitrogens is 3. The van der Waals surface area contributed by atoms with Gasteiger partial charge in [-0.05, 0) is 74.5 Å². The summed E-state index contributed by atoms with van der Waals surface area (Å²) in [5.41, 5.74) is 0.460. The van der Waals surface area contributed by atoms with Crippen molar-refractivity contribution in [2.45, 2.75) is 33.4 Å². The maximum atomic E-state index is 12.2. The van der Waals surface area contributed by atoms with Crippen LogP contribution in [0.4, 0.5) is 46.0 Å². The number of benzene rings is 6. The first-order chi connectivity index (χ1) is 31.5. The van der Waals surface area contributed by atoms with Crippen LogP contribution in [0.1, 0.15) is 13.8 Å². The molecule has 1 aromatic heterocycles. The van der Waals surface area contributed by atoms with E-state index in [1.807, 2.05) is 0 Å². The Kier molecular flexibility index (Phi) is 13.2. The monoisotopic (exact) mass is 995 g/mol. The van der Waals surface area contributed by atoms with Gasteiger partial charge in [-0.2, -0.15) is 69.1 Å². The van der Waals surface area contributed by atoms with Gasteiger partial charge in [-0.25, -0.2) is 0 Å². The van der Waals surface area contributed by atoms with E-state index >= 15 is 0 Å². The van der Waals surface area contributed by atoms with Gasteiger partial charge in [-0.1, -0.05) is 24.3 Å². The smallest absolute Gasteiger partial charge is 0.320 e. The lowest BCUT2D eigenvalue weighted by Crippen LogP contribution is -2.05. The molecule has 348 valence electrons. The summed E-state index contributed by atoms with van der Waals surface area (Å²) >= 11 is 0. The molecule has 28 heteroatoms. The molecule has 0 fully saturated rings. The van der Waals surface area contributed by atoms with Gasteiger partial charge in [0, 0.05) is 33.7 Å². The van der Waals surface area contributed by atoms with Crippen molar-refractivity contribution < 1.29 is 66.5 Å². The number of hydrogen-bond acceptors (Lipinski definition) is 20. The predicted molar refractivity (Wildman–Crippen MR) is 239 cm³/mol. The lowest BCUT2D eigenvalue weighted by atomic mass is 10.1. The van der Waals surface area contributed by atoms with Crippen LogP contribution >= 0.6 is 0 Å². The van der Waals surface area contributed by atoms with Crippen molar-refractivity contribution in [2.75, 3.05) is 23.8 Å². The Morgan fingerprint density at radius 2 is 0.836 bits per heavy atom. The van der Waals surface area contributed by atoms with Crippen molar-refractivity contribution in [3.05, 3.63) is 97.1 Å². The fourth-order valence-corrected chi connectivity index (χ4v) is 9.31. The minimum absolute atomic E-state index is 0.157. The van der Waals surface area contributed by atoms with Crippen LogP contribution in [-0.4, -0.2) is 85.2 Å². The lowest BCUT2D eigenvalue weighted by Gasteiger charge is -2.14. The molecule has 1 heterocycles. The molecule has 0 aliphatic rings. The molecule has 0 radical (unpaired) electrons. The SMILES string of the molecule is CCOc1cc(/N=N/c2cc(S(=O)(=O)O)c3cccc(S(=O)(=O)O)c3c2)ccc1Nc1nc(O)nc(Nc2ccc(/N=N/c3cc(S(=O)(=O)O)c4cccc(S(=O)(=O)O)c4c3)cc2OCC)n1. The van der Waals surface area contributed by atoms with Crippen LogP contribution in [0.5, 0.6) is 17.5 Å². The van der Waals surface area contributed by atoms with Crippen molar-refractivity contribution >= 4 is 108 Å². The molecule has 0 saturated carbocycles. The molecule has 0 amide bonds. The number of rotatable bonds is 16. The zero-order valence-electron chi connectivity index (χ0n) is 34.2. The second-order valence-corrected chi connectivity index (χ2v) is 19.2. The average Bonchev–Trinajstić information content (AvgIpc) is 3.24. The first kappa shape index (κ1) is 47.6. The Balaban J connectivity index is 1.14. The maximum Gasteiger partial charge on any atom is 0.320 e. The van der Waals surface area contributed by atoms with Crippen LogP contribution in [0.2, 0.25) is 0 Å². The van der Waals surface area contributed by atoms with E-state index in [4.69, 9.17) is 9.47 Å². The molecule has 0 spiro atoms. The highest BCUT2D eigenvalue weighted by molar-refractivity contribution is 7.87. The quantitative estimate of drug-likeness (QED) is 0.0356. The third-order valence-corrected chi connectivity index (χ3v) is 12.7. The Morgan fingerprint density at radius 1 is 0.463 bits per heavy atom. The molecular weight excluding hydrogens is 963 g/mol. The summed E-state index contributed by atoms with van der Waals surface area (Å²) in [7, 11) is -19.4. The first-order valence-electron chi connectivity index (χ1n) is 18.9. The molecule has 0 bridgehead atoms. The minimum Gasteiger partial charge on any atom is -0.492 e. The number of azo groups is 2. The summed E-state index contributed by atoms with van der Waals surface area (Å²) in [5, 5.41) is 31.7. The Hall–Kier alpha value is -7.31. The molecule has 7 aromatic rings. The van der Waals surface area contributed by atoms with Gasteiger partial charge in [0.1, 0.15) is 31.1 Å². The molecule has 0 saturated heterocycles. The van der Waals surface area contributed by atoms with E-state index in [2.05, 4.69) is 46.0 Å². The van der Waals surface area contributed by atoms with E-state index in [9.17, 15) is 57.0 Å². The van der Waals surface area contributed by atoms with Crippen molar-refractivity contribution in [1.29, 1.82) is 0 Å². The Morgan fingerprint density at radius 3 is 1.19 bits per heavy atom. The van der Waals surface area contributed by atoms with Gasteiger partial charge in [-0.3, -0.25) is 18.2 Å². The van der Waals surface area contributed by atoms with Gasteiger partial charge in [0.25, 0.3) is 40.5 Å². The molecule has 7 N–H and O–H groups in total. The van der Waals surface area contributed by atoms with Gasteiger partial charge < -0.3 is 25.2 Å². The van der Waals surface area contributed by atoms with Crippen LogP contribution < -0.4 is 20.1 Å². The van der Waals surface area contributed by atoms with E-state index in [-0.39, 0.29) is 92.3 Å². The predicted octanol–water partition coefficient (Wildman–Crippen LogP) is 7.99. The molecule has 0 aliphatic heterocycles. The number of aromatic hydroxyl groups is 1. The van der Waals surface area contributed by atoms with Gasteiger partial charge in [0.15, 0.2) is 0 Å². The van der Waals surface area contributed by atoms with E-state index < -0.39 is 66.1 Å². The number of hydrogen-bond donors (Lipinski definition) is 7. The number of nitrogens with zero attached hydrogens (tertiary/aromatic N) is 7. The molecule has 24 nitrogen and oxygen atoms in total. The topological polar surface area (TPSA) is 368 Å². The zero-order chi connectivity index (χ0) is 48.5. The summed E-state index contributed by atoms with van der Waals surface area (Å²) in [4.78, 5) is 9.57. The number of fused-ring (bicyclic) bond motifs is 2. The van der Waals surface area contributed by atoms with E-state index in [1.165, 1.54) is 72.8 Å². The van der Waals surface area contributed by atoms with E-state index in [0.717, 1.165) is 24.3 Å². The molecule has 0 unspecified atom stereocenters. The van der Waals surface area contributed by atoms with Crippen molar-refractivity contribution in [2.24, 2.45) is 20.5 Å². The average molecular weight is 996 g/mol. The molecule has 6 aromatic carbocycles. The molecule has 0 aliphatic carbocycles. The number of nitrogens with one attached hydrogen (secondary N) is 2. The van der Waals surface area contributed by atoms with Gasteiger partial charge in [0.2, 0.25) is 11.9 Å². The van der Waals surface area contributed by atoms with Crippen LogP contribution in [0.15, 0.2) is 137 Å². The number of anilines is 4. The highest BCUT2D eigenvalue weighted by atomic mass is 32.2. The second-order valence-electron chi connectivity index (χ2n) is 13.7. The van der Waals surface area contributed by atoms with E-state index in [1.54, 1.807) is 13.8 Å². The maximum absolute atomic E-state index is 12.2. The zero-order valence-corrected chi connectivity index (χ0v) is 37.5. The summed E-state index contributed by atoms with van der Waals surface area (Å²) in [6.07, 6.45) is 0. The van der Waals surface area contributed by atoms with Crippen molar-refractivity contribution in [3.63, 3.8) is 0 Å². The normalized spacial score (nSPS) is 12.6. The third-order valence-electron chi connectivity index (χ3n) is 9.13. The molecule has 67 heavy (non-hydrogen) atoms. The van der Waals surface area contributed by atoms with Gasteiger partial charge in [0.05, 0.1) is 47.3 Å². The minimum atomic E-state index is -4.90. The molecule has 7 rings (SSSR count). The standard InChI is InChI=1S/C39H33N9O15S4/c1-3-62-31-17-21(45-47-23-15-27-25(35(19-23)66(56,57)58)7-5-9-33(27)64(50,51)52)11-13-29(31)40-37-42-38(44-39(49)43-37)41-30-14-12-22(18-32(30)63-4-2)46-48-24-16-28-26(36(20-24)67(59,60)61)8-6-10-34(28)65(53,54)55/h5-20H,3-4H2,1-2H3,(H,50,51,52)(H,53,54,55)(H,56,57,58)(H,59,60,61)(H3,40,41,42,43,44,49)/b47-45+,48-46+. The highest BCUT2D eigenvalue weighted by Gasteiger charge is 2.23. The van der Waals surface area contributed by atoms with Crippen LogP contribution in [0.3, 0.4) is 0 Å². The number of ether oxygens (including phenoxy) is 2.